The van der Waals surface area contributed by atoms with Crippen molar-refractivity contribution in [2.45, 2.75) is 0 Å². The van der Waals surface area contributed by atoms with Crippen LogP contribution in [0.5, 0.6) is 0 Å². The van der Waals surface area contributed by atoms with Crippen LogP contribution >= 0.6 is 0 Å². The van der Waals surface area contributed by atoms with E-state index in [9.17, 15) is 9.59 Å². The molecule has 0 unspecified atom stereocenters. The third-order valence-corrected chi connectivity index (χ3v) is 1.54. The van der Waals surface area contributed by atoms with Crippen LogP contribution in [0.15, 0.2) is 18.2 Å². The van der Waals surface area contributed by atoms with Gasteiger partial charge in [0.25, 0.3) is 0 Å². The summed E-state index contributed by atoms with van der Waals surface area (Å²) in [7, 11) is 1.29. The lowest BCUT2D eigenvalue weighted by atomic mass is 10.4. The molecule has 1 amide bonds. The highest BCUT2D eigenvalue weighted by atomic mass is 16.5. The van der Waals surface area contributed by atoms with Gasteiger partial charge in [0.1, 0.15) is 5.69 Å². The highest BCUT2D eigenvalue weighted by Crippen LogP contribution is 2.04. The van der Waals surface area contributed by atoms with Gasteiger partial charge in [-0.1, -0.05) is 0 Å². The minimum absolute atomic E-state index is 0.330. The van der Waals surface area contributed by atoms with Crippen molar-refractivity contribution in [1.29, 1.82) is 0 Å². The smallest absolute Gasteiger partial charge is 0.354 e. The lowest BCUT2D eigenvalue weighted by molar-refractivity contribution is -0.113. The molecule has 1 rings (SSSR count). The number of hydrogen-bond acceptors (Lipinski definition) is 3. The Labute approximate surface area is 80.6 Å². The second-order valence-electron chi connectivity index (χ2n) is 2.55. The molecule has 1 heterocycles. The van der Waals surface area contributed by atoms with Crippen LogP contribution in [0.4, 0.5) is 0 Å². The molecule has 0 aromatic carbocycles. The van der Waals surface area contributed by atoms with Crippen molar-refractivity contribution < 1.29 is 14.3 Å². The fourth-order valence-electron chi connectivity index (χ4n) is 0.910. The van der Waals surface area contributed by atoms with Crippen LogP contribution in [-0.4, -0.2) is 24.0 Å². The summed E-state index contributed by atoms with van der Waals surface area (Å²) in [6.45, 7) is 0. The Morgan fingerprint density at radius 1 is 1.50 bits per heavy atom. The van der Waals surface area contributed by atoms with E-state index in [2.05, 4.69) is 9.72 Å². The van der Waals surface area contributed by atoms with Crippen molar-refractivity contribution in [1.82, 2.24) is 4.98 Å². The zero-order chi connectivity index (χ0) is 10.6. The molecule has 3 N–H and O–H groups in total. The third-order valence-electron chi connectivity index (χ3n) is 1.54. The highest BCUT2D eigenvalue weighted by molar-refractivity contribution is 5.91. The zero-order valence-electron chi connectivity index (χ0n) is 7.61. The highest BCUT2D eigenvalue weighted by Gasteiger charge is 2.05. The molecule has 0 aliphatic carbocycles. The molecular weight excluding hydrogens is 184 g/mol. The molecule has 0 radical (unpaired) electrons. The maximum atomic E-state index is 11.0. The normalized spacial score (nSPS) is 10.4. The van der Waals surface area contributed by atoms with Gasteiger partial charge in [-0.2, -0.15) is 0 Å². The number of esters is 1. The van der Waals surface area contributed by atoms with E-state index in [1.165, 1.54) is 19.3 Å². The minimum atomic E-state index is -0.542. The van der Waals surface area contributed by atoms with Gasteiger partial charge in [0.15, 0.2) is 0 Å². The number of hydrogen-bond donors (Lipinski definition) is 2. The molecule has 14 heavy (non-hydrogen) atoms. The number of primary amides is 1. The average molecular weight is 194 g/mol. The lowest BCUT2D eigenvalue weighted by Gasteiger charge is -1.92. The molecule has 0 saturated heterocycles. The Morgan fingerprint density at radius 3 is 2.79 bits per heavy atom. The second kappa shape index (κ2) is 4.27. The Morgan fingerprint density at radius 2 is 2.21 bits per heavy atom. The number of nitrogens with two attached hydrogens (primary N) is 1. The number of methoxy groups -OCH3 is 1. The molecule has 1 aromatic rings. The van der Waals surface area contributed by atoms with Gasteiger partial charge in [-0.3, -0.25) is 4.79 Å². The summed E-state index contributed by atoms with van der Waals surface area (Å²) in [4.78, 5) is 24.1. The number of amides is 1. The standard InChI is InChI=1S/C9H10N2O3/c1-14-9(13)7-4-2-6(11-7)3-5-8(10)12/h2-5,11H,1H3,(H2,10,12). The Kier molecular flexibility index (Phi) is 3.06. The van der Waals surface area contributed by atoms with Crippen molar-refractivity contribution in [2.75, 3.05) is 7.11 Å². The predicted molar refractivity (Wildman–Crippen MR) is 50.4 cm³/mol. The molecule has 0 saturated carbocycles. The second-order valence-corrected chi connectivity index (χ2v) is 2.55. The van der Waals surface area contributed by atoms with Gasteiger partial charge in [0, 0.05) is 11.8 Å². The minimum Gasteiger partial charge on any atom is -0.464 e. The van der Waals surface area contributed by atoms with E-state index in [0.29, 0.717) is 11.4 Å². The Bertz CT molecular complexity index is 379. The third kappa shape index (κ3) is 2.48. The number of carbonyl (C=O) groups is 2. The van der Waals surface area contributed by atoms with Crippen molar-refractivity contribution in [3.8, 4) is 0 Å². The van der Waals surface area contributed by atoms with Crippen molar-refractivity contribution >= 4 is 18.0 Å². The van der Waals surface area contributed by atoms with Crippen LogP contribution in [-0.2, 0) is 9.53 Å². The summed E-state index contributed by atoms with van der Waals surface area (Å²) < 4.78 is 4.49. The van der Waals surface area contributed by atoms with Gasteiger partial charge in [0.05, 0.1) is 7.11 Å². The number of rotatable bonds is 3. The van der Waals surface area contributed by atoms with Crippen LogP contribution < -0.4 is 5.73 Å². The summed E-state index contributed by atoms with van der Waals surface area (Å²) in [5.41, 5.74) is 5.85. The molecule has 74 valence electrons. The molecule has 1 aromatic heterocycles. The summed E-state index contributed by atoms with van der Waals surface area (Å²) >= 11 is 0. The van der Waals surface area contributed by atoms with Gasteiger partial charge in [0.2, 0.25) is 5.91 Å². The fraction of sp³-hybridized carbons (Fsp3) is 0.111. The Balaban J connectivity index is 2.78. The van der Waals surface area contributed by atoms with Gasteiger partial charge in [-0.05, 0) is 18.2 Å². The van der Waals surface area contributed by atoms with Crippen LogP contribution in [0.3, 0.4) is 0 Å². The number of nitrogens with one attached hydrogen (secondary N) is 1. The topological polar surface area (TPSA) is 85.2 Å². The average Bonchev–Trinajstić information content (AvgIpc) is 2.62. The molecule has 5 nitrogen and oxygen atoms in total. The zero-order valence-corrected chi connectivity index (χ0v) is 7.61. The monoisotopic (exact) mass is 194 g/mol. The van der Waals surface area contributed by atoms with Gasteiger partial charge >= 0.3 is 5.97 Å². The molecule has 5 heteroatoms. The summed E-state index contributed by atoms with van der Waals surface area (Å²) in [6.07, 6.45) is 2.68. The van der Waals surface area contributed by atoms with Crippen molar-refractivity contribution in [3.63, 3.8) is 0 Å². The summed E-state index contributed by atoms with van der Waals surface area (Å²) in [6, 6.07) is 3.21. The first-order valence-corrected chi connectivity index (χ1v) is 3.88. The number of aromatic nitrogens is 1. The van der Waals surface area contributed by atoms with Crippen molar-refractivity contribution in [3.05, 3.63) is 29.6 Å². The van der Waals surface area contributed by atoms with Crippen LogP contribution in [0.2, 0.25) is 0 Å². The van der Waals surface area contributed by atoms with Gasteiger partial charge in [-0.15, -0.1) is 0 Å². The number of ether oxygens (including phenoxy) is 1. The van der Waals surface area contributed by atoms with Crippen LogP contribution in [0.25, 0.3) is 6.08 Å². The molecule has 0 aliphatic heterocycles. The molecule has 0 spiro atoms. The maximum absolute atomic E-state index is 11.0. The van der Waals surface area contributed by atoms with E-state index in [0.717, 1.165) is 0 Å². The van der Waals surface area contributed by atoms with Gasteiger partial charge in [-0.25, -0.2) is 4.79 Å². The van der Waals surface area contributed by atoms with Crippen LogP contribution in [0.1, 0.15) is 16.2 Å². The SMILES string of the molecule is COC(=O)c1ccc(C=CC(N)=O)[nH]1. The molecule has 0 atom stereocenters. The first kappa shape index (κ1) is 10.0. The summed E-state index contributed by atoms with van der Waals surface area (Å²) in [5, 5.41) is 0. The van der Waals surface area contributed by atoms with Crippen molar-refractivity contribution in [2.24, 2.45) is 5.73 Å². The first-order chi connectivity index (χ1) is 6.63. The number of aromatic amines is 1. The summed E-state index contributed by atoms with van der Waals surface area (Å²) in [5.74, 6) is -0.997. The number of H-pyrrole nitrogens is 1. The van der Waals surface area contributed by atoms with Crippen LogP contribution in [0, 0.1) is 0 Å². The molecule has 0 fully saturated rings. The number of carbonyl (C=O) groups excluding carboxylic acids is 2. The van der Waals surface area contributed by atoms with E-state index >= 15 is 0 Å². The largest absolute Gasteiger partial charge is 0.464 e. The van der Waals surface area contributed by atoms with E-state index in [1.807, 2.05) is 0 Å². The Hall–Kier alpha value is -2.04. The first-order valence-electron chi connectivity index (χ1n) is 3.88. The molecular formula is C9H10N2O3. The lowest BCUT2D eigenvalue weighted by Crippen LogP contribution is -2.05. The van der Waals surface area contributed by atoms with E-state index in [4.69, 9.17) is 5.73 Å². The molecule has 0 aliphatic rings. The van der Waals surface area contributed by atoms with E-state index in [1.54, 1.807) is 12.1 Å². The quantitative estimate of drug-likeness (QED) is 0.536. The maximum Gasteiger partial charge on any atom is 0.354 e. The molecule has 0 bridgehead atoms. The fourth-order valence-corrected chi connectivity index (χ4v) is 0.910. The van der Waals surface area contributed by atoms with E-state index < -0.39 is 11.9 Å². The van der Waals surface area contributed by atoms with E-state index in [-0.39, 0.29) is 0 Å². The van der Waals surface area contributed by atoms with Gasteiger partial charge < -0.3 is 15.5 Å². The predicted octanol–water partition coefficient (Wildman–Crippen LogP) is 0.300.